The molecule has 0 bridgehead atoms. The van der Waals surface area contributed by atoms with Crippen molar-refractivity contribution in [1.82, 2.24) is 0 Å². The maximum absolute atomic E-state index is 6.41. The van der Waals surface area contributed by atoms with E-state index in [9.17, 15) is 0 Å². The molecule has 0 amide bonds. The van der Waals surface area contributed by atoms with Gasteiger partial charge in [0.25, 0.3) is 0 Å². The van der Waals surface area contributed by atoms with E-state index in [0.29, 0.717) is 0 Å². The lowest BCUT2D eigenvalue weighted by molar-refractivity contribution is 0.674. The van der Waals surface area contributed by atoms with E-state index in [1.165, 1.54) is 5.39 Å². The normalized spacial score (nSPS) is 11.5. The standard InChI is InChI=1S/C22H13ClO/c23-20-11-4-3-8-16(20)17-9-5-10-18-19-13-12-14-6-1-2-7-15(14)21(19)24-22(17)18/h1-13H. The minimum absolute atomic E-state index is 0.732. The molecule has 114 valence electrons. The minimum atomic E-state index is 0.732. The fourth-order valence-electron chi connectivity index (χ4n) is 3.42. The first kappa shape index (κ1) is 13.6. The first-order chi connectivity index (χ1) is 11.8. The van der Waals surface area contributed by atoms with Crippen molar-refractivity contribution in [1.29, 1.82) is 0 Å². The van der Waals surface area contributed by atoms with Crippen molar-refractivity contribution in [3.05, 3.63) is 83.9 Å². The van der Waals surface area contributed by atoms with Gasteiger partial charge in [0.2, 0.25) is 0 Å². The summed E-state index contributed by atoms with van der Waals surface area (Å²) in [4.78, 5) is 0. The third kappa shape index (κ3) is 1.88. The van der Waals surface area contributed by atoms with Crippen molar-refractivity contribution in [3.63, 3.8) is 0 Å². The van der Waals surface area contributed by atoms with Crippen molar-refractivity contribution < 1.29 is 4.42 Å². The summed E-state index contributed by atoms with van der Waals surface area (Å²) < 4.78 is 6.35. The molecule has 5 rings (SSSR count). The number of rotatable bonds is 1. The summed E-state index contributed by atoms with van der Waals surface area (Å²) in [5, 5.41) is 5.31. The lowest BCUT2D eigenvalue weighted by atomic mass is 10.0. The molecule has 4 aromatic carbocycles. The highest BCUT2D eigenvalue weighted by atomic mass is 35.5. The third-order valence-electron chi connectivity index (χ3n) is 4.55. The molecule has 1 heterocycles. The Morgan fingerprint density at radius 2 is 1.25 bits per heavy atom. The quantitative estimate of drug-likeness (QED) is 0.321. The van der Waals surface area contributed by atoms with Crippen LogP contribution in [0.2, 0.25) is 5.02 Å². The molecule has 0 saturated carbocycles. The molecular weight excluding hydrogens is 316 g/mol. The number of benzene rings is 4. The number of furan rings is 1. The lowest BCUT2D eigenvalue weighted by Gasteiger charge is -2.04. The van der Waals surface area contributed by atoms with Crippen LogP contribution in [0.15, 0.2) is 83.3 Å². The van der Waals surface area contributed by atoms with E-state index in [1.54, 1.807) is 0 Å². The minimum Gasteiger partial charge on any atom is -0.455 e. The van der Waals surface area contributed by atoms with E-state index in [1.807, 2.05) is 36.4 Å². The zero-order chi connectivity index (χ0) is 16.1. The van der Waals surface area contributed by atoms with Crippen LogP contribution in [-0.2, 0) is 0 Å². The summed E-state index contributed by atoms with van der Waals surface area (Å²) in [5.74, 6) is 0. The second-order valence-corrected chi connectivity index (χ2v) is 6.33. The van der Waals surface area contributed by atoms with Gasteiger partial charge in [-0.25, -0.2) is 0 Å². The van der Waals surface area contributed by atoms with Gasteiger partial charge in [-0.3, -0.25) is 0 Å². The van der Waals surface area contributed by atoms with E-state index in [0.717, 1.165) is 43.5 Å². The van der Waals surface area contributed by atoms with Crippen LogP contribution in [0.25, 0.3) is 43.8 Å². The summed E-state index contributed by atoms with van der Waals surface area (Å²) >= 11 is 6.41. The molecular formula is C22H13ClO. The lowest BCUT2D eigenvalue weighted by Crippen LogP contribution is -1.79. The Morgan fingerprint density at radius 3 is 2.17 bits per heavy atom. The second-order valence-electron chi connectivity index (χ2n) is 5.93. The molecule has 0 radical (unpaired) electrons. The maximum Gasteiger partial charge on any atom is 0.143 e. The van der Waals surface area contributed by atoms with Crippen LogP contribution in [0.3, 0.4) is 0 Å². The van der Waals surface area contributed by atoms with Gasteiger partial charge in [0, 0.05) is 32.3 Å². The molecule has 0 spiro atoms. The molecule has 0 aliphatic heterocycles. The van der Waals surface area contributed by atoms with Gasteiger partial charge in [-0.15, -0.1) is 0 Å². The highest BCUT2D eigenvalue weighted by molar-refractivity contribution is 6.33. The van der Waals surface area contributed by atoms with Crippen LogP contribution in [0.1, 0.15) is 0 Å². The van der Waals surface area contributed by atoms with Crippen LogP contribution in [0.5, 0.6) is 0 Å². The Hall–Kier alpha value is -2.77. The SMILES string of the molecule is Clc1ccccc1-c1cccc2c1oc1c3ccccc3ccc21. The Labute approximate surface area is 144 Å². The Bertz CT molecular complexity index is 1220. The van der Waals surface area contributed by atoms with Crippen molar-refractivity contribution in [3.8, 4) is 11.1 Å². The fourth-order valence-corrected chi connectivity index (χ4v) is 3.66. The summed E-state index contributed by atoms with van der Waals surface area (Å²) in [7, 11) is 0. The second kappa shape index (κ2) is 5.12. The molecule has 0 aliphatic carbocycles. The van der Waals surface area contributed by atoms with Crippen molar-refractivity contribution in [2.75, 3.05) is 0 Å². The predicted molar refractivity (Wildman–Crippen MR) is 102 cm³/mol. The summed E-state index contributed by atoms with van der Waals surface area (Å²) in [6.07, 6.45) is 0. The van der Waals surface area contributed by atoms with Gasteiger partial charge in [-0.05, 0) is 17.5 Å². The summed E-state index contributed by atoms with van der Waals surface area (Å²) in [6, 6.07) is 26.7. The maximum atomic E-state index is 6.41. The molecule has 0 aliphatic rings. The molecule has 0 unspecified atom stereocenters. The van der Waals surface area contributed by atoms with Gasteiger partial charge in [-0.1, -0.05) is 78.3 Å². The average Bonchev–Trinajstić information content (AvgIpc) is 3.01. The highest BCUT2D eigenvalue weighted by Gasteiger charge is 2.15. The molecule has 0 fully saturated rings. The van der Waals surface area contributed by atoms with E-state index in [2.05, 4.69) is 42.5 Å². The molecule has 5 aromatic rings. The molecule has 0 N–H and O–H groups in total. The number of hydrogen-bond acceptors (Lipinski definition) is 1. The van der Waals surface area contributed by atoms with Crippen molar-refractivity contribution >= 4 is 44.3 Å². The highest BCUT2D eigenvalue weighted by Crippen LogP contribution is 2.40. The molecule has 0 saturated heterocycles. The van der Waals surface area contributed by atoms with E-state index >= 15 is 0 Å². The zero-order valence-electron chi connectivity index (χ0n) is 12.8. The van der Waals surface area contributed by atoms with E-state index in [4.69, 9.17) is 16.0 Å². The number of fused-ring (bicyclic) bond motifs is 5. The number of halogens is 1. The van der Waals surface area contributed by atoms with E-state index in [-0.39, 0.29) is 0 Å². The van der Waals surface area contributed by atoms with Gasteiger partial charge < -0.3 is 4.42 Å². The van der Waals surface area contributed by atoms with Crippen LogP contribution < -0.4 is 0 Å². The Kier molecular flexibility index (Phi) is 2.91. The largest absolute Gasteiger partial charge is 0.455 e. The van der Waals surface area contributed by atoms with E-state index < -0.39 is 0 Å². The zero-order valence-corrected chi connectivity index (χ0v) is 13.5. The molecule has 1 aromatic heterocycles. The van der Waals surface area contributed by atoms with Crippen LogP contribution in [0.4, 0.5) is 0 Å². The van der Waals surface area contributed by atoms with Gasteiger partial charge in [0.05, 0.1) is 0 Å². The summed E-state index contributed by atoms with van der Waals surface area (Å²) in [5.41, 5.74) is 3.84. The van der Waals surface area contributed by atoms with Gasteiger partial charge in [-0.2, -0.15) is 0 Å². The fraction of sp³-hybridized carbons (Fsp3) is 0. The third-order valence-corrected chi connectivity index (χ3v) is 4.88. The van der Waals surface area contributed by atoms with Crippen LogP contribution >= 0.6 is 11.6 Å². The number of para-hydroxylation sites is 1. The first-order valence-electron chi connectivity index (χ1n) is 7.91. The topological polar surface area (TPSA) is 13.1 Å². The van der Waals surface area contributed by atoms with Crippen molar-refractivity contribution in [2.24, 2.45) is 0 Å². The molecule has 1 nitrogen and oxygen atoms in total. The van der Waals surface area contributed by atoms with Crippen molar-refractivity contribution in [2.45, 2.75) is 0 Å². The van der Waals surface area contributed by atoms with Crippen LogP contribution in [0, 0.1) is 0 Å². The van der Waals surface area contributed by atoms with Gasteiger partial charge >= 0.3 is 0 Å². The van der Waals surface area contributed by atoms with Gasteiger partial charge in [0.15, 0.2) is 0 Å². The predicted octanol–water partition coefficient (Wildman–Crippen LogP) is 7.06. The Balaban J connectivity index is 1.94. The number of hydrogen-bond donors (Lipinski definition) is 0. The summed E-state index contributed by atoms with van der Waals surface area (Å²) in [6.45, 7) is 0. The molecule has 2 heteroatoms. The smallest absolute Gasteiger partial charge is 0.143 e. The molecule has 24 heavy (non-hydrogen) atoms. The van der Waals surface area contributed by atoms with Crippen LogP contribution in [-0.4, -0.2) is 0 Å². The Morgan fingerprint density at radius 1 is 0.542 bits per heavy atom. The molecule has 0 atom stereocenters. The average molecular weight is 329 g/mol. The first-order valence-corrected chi connectivity index (χ1v) is 8.28. The van der Waals surface area contributed by atoms with Gasteiger partial charge in [0.1, 0.15) is 11.2 Å². The monoisotopic (exact) mass is 328 g/mol.